The van der Waals surface area contributed by atoms with Gasteiger partial charge in [0.05, 0.1) is 17.7 Å². The van der Waals surface area contributed by atoms with Crippen LogP contribution >= 0.6 is 0 Å². The summed E-state index contributed by atoms with van der Waals surface area (Å²) in [7, 11) is -2.09. The number of amides is 1. The van der Waals surface area contributed by atoms with Gasteiger partial charge in [-0.25, -0.2) is 8.42 Å². The number of rotatable bonds is 8. The second-order valence-electron chi connectivity index (χ2n) is 9.38. The summed E-state index contributed by atoms with van der Waals surface area (Å²) in [5.41, 5.74) is 1.29. The number of carbonyl (C=O) groups excluding carboxylic acids is 2. The summed E-state index contributed by atoms with van der Waals surface area (Å²) in [6.07, 6.45) is -1.00. The second-order valence-corrected chi connectivity index (χ2v) is 11.3. The number of methoxy groups -OCH3 is 1. The first-order valence-electron chi connectivity index (χ1n) is 12.9. The molecule has 10 nitrogen and oxygen atoms in total. The number of carbonyl (C=O) groups is 2. The second kappa shape index (κ2) is 12.1. The van der Waals surface area contributed by atoms with Crippen LogP contribution in [-0.2, 0) is 24.3 Å². The summed E-state index contributed by atoms with van der Waals surface area (Å²) >= 11 is 0. The minimum Gasteiger partial charge on any atom is -0.495 e. The van der Waals surface area contributed by atoms with Crippen molar-refractivity contribution < 1.29 is 27.5 Å². The predicted molar refractivity (Wildman–Crippen MR) is 144 cm³/mol. The Morgan fingerprint density at radius 1 is 0.921 bits per heavy atom. The lowest BCUT2D eigenvalue weighted by Gasteiger charge is -2.38. The zero-order valence-corrected chi connectivity index (χ0v) is 23.0. The molecule has 2 aliphatic heterocycles. The van der Waals surface area contributed by atoms with E-state index in [2.05, 4.69) is 11.8 Å². The van der Waals surface area contributed by atoms with Gasteiger partial charge in [0.1, 0.15) is 5.75 Å². The maximum absolute atomic E-state index is 13.4. The van der Waals surface area contributed by atoms with Crippen LogP contribution in [0.5, 0.6) is 5.75 Å². The van der Waals surface area contributed by atoms with Gasteiger partial charge in [0, 0.05) is 64.8 Å². The Labute approximate surface area is 224 Å². The van der Waals surface area contributed by atoms with Gasteiger partial charge in [0.25, 0.3) is 5.91 Å². The average molecular weight is 545 g/mol. The number of ether oxygens (including phenoxy) is 2. The van der Waals surface area contributed by atoms with E-state index < -0.39 is 22.1 Å². The van der Waals surface area contributed by atoms with Crippen molar-refractivity contribution >= 4 is 27.6 Å². The lowest BCUT2D eigenvalue weighted by atomic mass is 10.1. The lowest BCUT2D eigenvalue weighted by Crippen LogP contribution is -2.50. The van der Waals surface area contributed by atoms with Crippen molar-refractivity contribution in [3.05, 3.63) is 54.1 Å². The van der Waals surface area contributed by atoms with Crippen LogP contribution in [0.25, 0.3) is 0 Å². The first-order valence-corrected chi connectivity index (χ1v) is 14.3. The van der Waals surface area contributed by atoms with Crippen molar-refractivity contribution in [2.24, 2.45) is 0 Å². The topological polar surface area (TPSA) is 99.7 Å². The molecule has 0 aromatic heterocycles. The van der Waals surface area contributed by atoms with Gasteiger partial charge in [-0.1, -0.05) is 37.3 Å². The van der Waals surface area contributed by atoms with Gasteiger partial charge in [-0.05, 0) is 24.7 Å². The molecule has 2 aromatic carbocycles. The third-order valence-electron chi connectivity index (χ3n) is 7.11. The van der Waals surface area contributed by atoms with Crippen molar-refractivity contribution in [2.75, 3.05) is 70.9 Å². The van der Waals surface area contributed by atoms with Gasteiger partial charge < -0.3 is 24.2 Å². The number of hydrogen-bond donors (Lipinski definition) is 0. The molecule has 2 aliphatic rings. The molecule has 2 heterocycles. The summed E-state index contributed by atoms with van der Waals surface area (Å²) < 4.78 is 39.3. The molecular weight excluding hydrogens is 508 g/mol. The molecule has 1 amide bonds. The van der Waals surface area contributed by atoms with Gasteiger partial charge in [-0.2, -0.15) is 4.31 Å². The van der Waals surface area contributed by atoms with Crippen LogP contribution in [0.15, 0.2) is 53.4 Å². The number of likely N-dealkylation sites (N-methyl/N-ethyl adjacent to an activating group) is 1. The van der Waals surface area contributed by atoms with Crippen LogP contribution in [0.3, 0.4) is 0 Å². The standard InChI is InChI=1S/C27H36N4O6S/c1-4-28-12-18-31(19-13-28)38(34,35)23-10-11-25(36-3)24(20-23)29-14-16-30(17-15-29)27(33)26(37-21(2)32)22-8-6-5-7-9-22/h5-11,20,26H,4,12-19H2,1-3H3/t26-/m0/s1. The van der Waals surface area contributed by atoms with Gasteiger partial charge in [-0.15, -0.1) is 0 Å². The zero-order valence-electron chi connectivity index (χ0n) is 22.2. The number of nitrogens with zero attached hydrogens (tertiary/aromatic N) is 4. The van der Waals surface area contributed by atoms with E-state index in [-0.39, 0.29) is 10.8 Å². The molecule has 38 heavy (non-hydrogen) atoms. The molecule has 2 fully saturated rings. The first-order chi connectivity index (χ1) is 18.2. The van der Waals surface area contributed by atoms with Gasteiger partial charge in [0.15, 0.2) is 0 Å². The number of esters is 1. The summed E-state index contributed by atoms with van der Waals surface area (Å²) in [5.74, 6) is -0.230. The molecule has 0 aliphatic carbocycles. The van der Waals surface area contributed by atoms with Crippen LogP contribution < -0.4 is 9.64 Å². The molecule has 2 saturated heterocycles. The molecule has 4 rings (SSSR count). The third-order valence-corrected chi connectivity index (χ3v) is 9.00. The Morgan fingerprint density at radius 3 is 2.16 bits per heavy atom. The van der Waals surface area contributed by atoms with E-state index in [0.29, 0.717) is 69.4 Å². The number of benzene rings is 2. The normalized spacial score (nSPS) is 18.2. The SMILES string of the molecule is CCN1CCN(S(=O)(=O)c2ccc(OC)c(N3CCN(C(=O)[C@@H](OC(C)=O)c4ccccc4)CC3)c2)CC1. The summed E-state index contributed by atoms with van der Waals surface area (Å²) in [6, 6.07) is 13.9. The Hall–Kier alpha value is -3.15. The minimum absolute atomic E-state index is 0.232. The molecular formula is C27H36N4O6S. The van der Waals surface area contributed by atoms with Crippen LogP contribution in [0.2, 0.25) is 0 Å². The molecule has 0 N–H and O–H groups in total. The molecule has 0 saturated carbocycles. The fraction of sp³-hybridized carbons (Fsp3) is 0.481. The highest BCUT2D eigenvalue weighted by molar-refractivity contribution is 7.89. The molecule has 206 valence electrons. The summed E-state index contributed by atoms with van der Waals surface area (Å²) in [5, 5.41) is 0. The van der Waals surface area contributed by atoms with Gasteiger partial charge >= 0.3 is 5.97 Å². The van der Waals surface area contributed by atoms with E-state index >= 15 is 0 Å². The molecule has 1 atom stereocenters. The maximum Gasteiger partial charge on any atom is 0.303 e. The smallest absolute Gasteiger partial charge is 0.303 e. The van der Waals surface area contributed by atoms with Crippen molar-refractivity contribution in [1.29, 1.82) is 0 Å². The third kappa shape index (κ3) is 6.11. The molecule has 0 unspecified atom stereocenters. The molecule has 2 aromatic rings. The van der Waals surface area contributed by atoms with E-state index in [0.717, 1.165) is 6.54 Å². The van der Waals surface area contributed by atoms with E-state index in [1.807, 2.05) is 11.0 Å². The number of sulfonamides is 1. The molecule has 0 radical (unpaired) electrons. The van der Waals surface area contributed by atoms with E-state index in [9.17, 15) is 18.0 Å². The fourth-order valence-electron chi connectivity index (χ4n) is 4.90. The molecule has 0 bridgehead atoms. The molecule has 0 spiro atoms. The van der Waals surface area contributed by atoms with Crippen molar-refractivity contribution in [2.45, 2.75) is 24.8 Å². The predicted octanol–water partition coefficient (Wildman–Crippen LogP) is 1.97. The number of piperazine rings is 2. The van der Waals surface area contributed by atoms with Crippen molar-refractivity contribution in [3.8, 4) is 5.75 Å². The monoisotopic (exact) mass is 544 g/mol. The van der Waals surface area contributed by atoms with Crippen LogP contribution in [0.4, 0.5) is 5.69 Å². The number of anilines is 1. The highest BCUT2D eigenvalue weighted by Crippen LogP contribution is 2.33. The highest BCUT2D eigenvalue weighted by Gasteiger charge is 2.33. The maximum atomic E-state index is 13.4. The van der Waals surface area contributed by atoms with Crippen LogP contribution in [-0.4, -0.2) is 100 Å². The Morgan fingerprint density at radius 2 is 1.58 bits per heavy atom. The quantitative estimate of drug-likeness (QED) is 0.465. The highest BCUT2D eigenvalue weighted by atomic mass is 32.2. The van der Waals surface area contributed by atoms with E-state index in [1.165, 1.54) is 6.92 Å². The van der Waals surface area contributed by atoms with E-state index in [1.54, 1.807) is 58.8 Å². The van der Waals surface area contributed by atoms with Crippen LogP contribution in [0.1, 0.15) is 25.5 Å². The first kappa shape index (κ1) is 27.9. The Kier molecular flexibility index (Phi) is 8.91. The number of hydrogen-bond acceptors (Lipinski definition) is 8. The van der Waals surface area contributed by atoms with Crippen molar-refractivity contribution in [1.82, 2.24) is 14.1 Å². The minimum atomic E-state index is -3.65. The molecule has 11 heteroatoms. The average Bonchev–Trinajstić information content (AvgIpc) is 2.95. The summed E-state index contributed by atoms with van der Waals surface area (Å²) in [6.45, 7) is 8.35. The largest absolute Gasteiger partial charge is 0.495 e. The Balaban J connectivity index is 1.49. The summed E-state index contributed by atoms with van der Waals surface area (Å²) in [4.78, 5) is 31.2. The van der Waals surface area contributed by atoms with Crippen LogP contribution in [0, 0.1) is 0 Å². The fourth-order valence-corrected chi connectivity index (χ4v) is 6.34. The van der Waals surface area contributed by atoms with Gasteiger partial charge in [-0.3, -0.25) is 9.59 Å². The van der Waals surface area contributed by atoms with Gasteiger partial charge in [0.2, 0.25) is 16.1 Å². The lowest BCUT2D eigenvalue weighted by molar-refractivity contribution is -0.159. The zero-order chi connectivity index (χ0) is 27.3. The Bertz CT molecular complexity index is 1220. The van der Waals surface area contributed by atoms with E-state index in [4.69, 9.17) is 9.47 Å². The van der Waals surface area contributed by atoms with Crippen molar-refractivity contribution in [3.63, 3.8) is 0 Å².